The van der Waals surface area contributed by atoms with Crippen molar-refractivity contribution in [2.75, 3.05) is 45.4 Å². The third kappa shape index (κ3) is 3.41. The predicted molar refractivity (Wildman–Crippen MR) is 78.4 cm³/mol. The lowest BCUT2D eigenvalue weighted by Crippen LogP contribution is -2.24. The van der Waals surface area contributed by atoms with Crippen LogP contribution in [0.15, 0.2) is 30.4 Å². The van der Waals surface area contributed by atoms with Gasteiger partial charge in [-0.1, -0.05) is 0 Å². The predicted octanol–water partition coefficient (Wildman–Crippen LogP) is 2.25. The van der Waals surface area contributed by atoms with E-state index in [0.717, 1.165) is 0 Å². The molecule has 0 bridgehead atoms. The zero-order chi connectivity index (χ0) is 14.5. The van der Waals surface area contributed by atoms with Gasteiger partial charge in [-0.15, -0.1) is 0 Å². The molecule has 2 aromatic heterocycles. The van der Waals surface area contributed by atoms with Crippen LogP contribution in [0.5, 0.6) is 0 Å². The SMILES string of the molecule is COCCOCCN(C)c1cc(=O)c2occ(Br)c2o1. The highest BCUT2D eigenvalue weighted by atomic mass is 79.9. The highest BCUT2D eigenvalue weighted by Gasteiger charge is 2.14. The van der Waals surface area contributed by atoms with E-state index >= 15 is 0 Å². The summed E-state index contributed by atoms with van der Waals surface area (Å²) in [6.45, 7) is 2.23. The van der Waals surface area contributed by atoms with E-state index in [2.05, 4.69) is 15.9 Å². The van der Waals surface area contributed by atoms with Gasteiger partial charge in [-0.2, -0.15) is 0 Å². The van der Waals surface area contributed by atoms with E-state index in [1.54, 1.807) is 7.11 Å². The molecule has 0 amide bonds. The number of hydrogen-bond donors (Lipinski definition) is 0. The number of fused-ring (bicyclic) bond motifs is 1. The van der Waals surface area contributed by atoms with Gasteiger partial charge < -0.3 is 23.2 Å². The van der Waals surface area contributed by atoms with E-state index < -0.39 is 0 Å². The highest BCUT2D eigenvalue weighted by molar-refractivity contribution is 9.10. The van der Waals surface area contributed by atoms with Crippen LogP contribution < -0.4 is 10.3 Å². The molecule has 7 heteroatoms. The number of halogens is 1. The monoisotopic (exact) mass is 345 g/mol. The lowest BCUT2D eigenvalue weighted by Gasteiger charge is -2.17. The molecule has 0 aliphatic rings. The van der Waals surface area contributed by atoms with Crippen LogP contribution in [0.2, 0.25) is 0 Å². The van der Waals surface area contributed by atoms with E-state index in [-0.39, 0.29) is 11.0 Å². The van der Waals surface area contributed by atoms with Crippen LogP contribution in [0.25, 0.3) is 11.2 Å². The summed E-state index contributed by atoms with van der Waals surface area (Å²) < 4.78 is 21.7. The molecular weight excluding hydrogens is 330 g/mol. The van der Waals surface area contributed by atoms with Crippen LogP contribution in [0, 0.1) is 0 Å². The molecule has 0 atom stereocenters. The molecule has 0 aliphatic heterocycles. The Bertz CT molecular complexity index is 621. The summed E-state index contributed by atoms with van der Waals surface area (Å²) in [6.07, 6.45) is 1.44. The summed E-state index contributed by atoms with van der Waals surface area (Å²) >= 11 is 3.28. The lowest BCUT2D eigenvalue weighted by atomic mass is 10.4. The van der Waals surface area contributed by atoms with Crippen molar-refractivity contribution >= 4 is 33.0 Å². The minimum Gasteiger partial charge on any atom is -0.456 e. The van der Waals surface area contributed by atoms with Crippen LogP contribution in [0.1, 0.15) is 0 Å². The van der Waals surface area contributed by atoms with Gasteiger partial charge in [0.15, 0.2) is 11.5 Å². The molecule has 0 aromatic carbocycles. The van der Waals surface area contributed by atoms with Gasteiger partial charge >= 0.3 is 0 Å². The number of ether oxygens (including phenoxy) is 2. The fourth-order valence-electron chi connectivity index (χ4n) is 1.65. The van der Waals surface area contributed by atoms with Crippen molar-refractivity contribution in [1.29, 1.82) is 0 Å². The molecule has 0 radical (unpaired) electrons. The molecule has 0 saturated heterocycles. The zero-order valence-electron chi connectivity index (χ0n) is 11.3. The minimum atomic E-state index is -0.209. The second kappa shape index (κ2) is 6.92. The van der Waals surface area contributed by atoms with E-state index in [9.17, 15) is 4.79 Å². The maximum atomic E-state index is 11.9. The van der Waals surface area contributed by atoms with Crippen LogP contribution in [0.4, 0.5) is 5.88 Å². The van der Waals surface area contributed by atoms with Gasteiger partial charge in [-0.3, -0.25) is 4.79 Å². The number of furan rings is 1. The average Bonchev–Trinajstić information content (AvgIpc) is 2.81. The summed E-state index contributed by atoms with van der Waals surface area (Å²) in [4.78, 5) is 13.7. The second-order valence-corrected chi connectivity index (χ2v) is 5.07. The van der Waals surface area contributed by atoms with Crippen LogP contribution in [-0.2, 0) is 9.47 Å². The molecule has 2 aromatic rings. The molecule has 0 spiro atoms. The molecule has 2 rings (SSSR count). The van der Waals surface area contributed by atoms with Gasteiger partial charge in [0.25, 0.3) is 0 Å². The first-order valence-corrected chi connectivity index (χ1v) is 6.91. The van der Waals surface area contributed by atoms with Crippen LogP contribution in [0.3, 0.4) is 0 Å². The van der Waals surface area contributed by atoms with E-state index in [1.807, 2.05) is 11.9 Å². The Balaban J connectivity index is 2.04. The molecule has 0 aliphatic carbocycles. The van der Waals surface area contributed by atoms with E-state index in [0.29, 0.717) is 42.3 Å². The maximum Gasteiger partial charge on any atom is 0.230 e. The Hall–Kier alpha value is -1.31. The van der Waals surface area contributed by atoms with Gasteiger partial charge in [0.1, 0.15) is 6.26 Å². The number of nitrogens with zero attached hydrogens (tertiary/aromatic N) is 1. The quantitative estimate of drug-likeness (QED) is 0.717. The number of anilines is 1. The summed E-state index contributed by atoms with van der Waals surface area (Å²) in [5, 5.41) is 0. The van der Waals surface area contributed by atoms with Crippen molar-refractivity contribution in [3.63, 3.8) is 0 Å². The summed E-state index contributed by atoms with van der Waals surface area (Å²) in [6, 6.07) is 1.41. The van der Waals surface area contributed by atoms with Crippen molar-refractivity contribution in [3.8, 4) is 0 Å². The standard InChI is InChI=1S/C13H16BrNO5/c1-15(3-4-18-6-5-17-2)11-7-10(16)13-12(20-11)9(14)8-19-13/h7-8H,3-6H2,1-2H3. The van der Waals surface area contributed by atoms with Gasteiger partial charge in [0.2, 0.25) is 11.0 Å². The average molecular weight is 346 g/mol. The van der Waals surface area contributed by atoms with Gasteiger partial charge in [-0.25, -0.2) is 0 Å². The van der Waals surface area contributed by atoms with Crippen molar-refractivity contribution in [3.05, 3.63) is 27.0 Å². The second-order valence-electron chi connectivity index (χ2n) is 4.22. The third-order valence-electron chi connectivity index (χ3n) is 2.77. The molecular formula is C13H16BrNO5. The molecule has 0 saturated carbocycles. The summed E-state index contributed by atoms with van der Waals surface area (Å²) in [7, 11) is 3.46. The Morgan fingerprint density at radius 2 is 2.10 bits per heavy atom. The smallest absolute Gasteiger partial charge is 0.230 e. The minimum absolute atomic E-state index is 0.209. The molecule has 2 heterocycles. The van der Waals surface area contributed by atoms with Crippen molar-refractivity contribution in [1.82, 2.24) is 0 Å². The van der Waals surface area contributed by atoms with Crippen LogP contribution in [-0.4, -0.2) is 40.5 Å². The van der Waals surface area contributed by atoms with Gasteiger partial charge in [0.05, 0.1) is 30.4 Å². The van der Waals surface area contributed by atoms with E-state index in [4.69, 9.17) is 18.3 Å². The number of rotatable bonds is 7. The first-order valence-electron chi connectivity index (χ1n) is 6.12. The molecule has 0 N–H and O–H groups in total. The Morgan fingerprint density at radius 3 is 2.85 bits per heavy atom. The molecule has 20 heavy (non-hydrogen) atoms. The first kappa shape index (κ1) is 15.1. The number of likely N-dealkylation sites (N-methyl/N-ethyl adjacent to an activating group) is 1. The van der Waals surface area contributed by atoms with Gasteiger partial charge in [0, 0.05) is 20.7 Å². The fraction of sp³-hybridized carbons (Fsp3) is 0.462. The number of methoxy groups -OCH3 is 1. The number of hydrogen-bond acceptors (Lipinski definition) is 6. The normalized spacial score (nSPS) is 11.2. The molecule has 6 nitrogen and oxygen atoms in total. The van der Waals surface area contributed by atoms with Gasteiger partial charge in [-0.05, 0) is 15.9 Å². The molecule has 0 fully saturated rings. The summed E-state index contributed by atoms with van der Waals surface area (Å²) in [5.41, 5.74) is 0.420. The van der Waals surface area contributed by atoms with Crippen molar-refractivity contribution in [2.24, 2.45) is 0 Å². The van der Waals surface area contributed by atoms with Crippen molar-refractivity contribution < 1.29 is 18.3 Å². The topological polar surface area (TPSA) is 65.1 Å². The highest BCUT2D eigenvalue weighted by Crippen LogP contribution is 2.26. The van der Waals surface area contributed by atoms with Crippen molar-refractivity contribution in [2.45, 2.75) is 0 Å². The van der Waals surface area contributed by atoms with Crippen LogP contribution >= 0.6 is 15.9 Å². The summed E-state index contributed by atoms with van der Waals surface area (Å²) in [5.74, 6) is 0.472. The Labute approximate surface area is 124 Å². The molecule has 110 valence electrons. The largest absolute Gasteiger partial charge is 0.456 e. The maximum absolute atomic E-state index is 11.9. The lowest BCUT2D eigenvalue weighted by molar-refractivity contribution is 0.0741. The Morgan fingerprint density at radius 1 is 1.30 bits per heavy atom. The zero-order valence-corrected chi connectivity index (χ0v) is 12.9. The third-order valence-corrected chi connectivity index (χ3v) is 3.31. The van der Waals surface area contributed by atoms with E-state index in [1.165, 1.54) is 12.3 Å². The molecule has 0 unspecified atom stereocenters. The Kier molecular flexibility index (Phi) is 5.22. The first-order chi connectivity index (χ1) is 9.63. The fourth-order valence-corrected chi connectivity index (χ4v) is 2.00.